The zero-order chi connectivity index (χ0) is 11.1. The summed E-state index contributed by atoms with van der Waals surface area (Å²) < 4.78 is 5.15. The molecule has 1 aliphatic carbocycles. The molecule has 0 radical (unpaired) electrons. The van der Waals surface area contributed by atoms with Crippen LogP contribution >= 0.6 is 0 Å². The van der Waals surface area contributed by atoms with E-state index in [-0.39, 0.29) is 0 Å². The van der Waals surface area contributed by atoms with Crippen LogP contribution in [0.25, 0.3) is 0 Å². The summed E-state index contributed by atoms with van der Waals surface area (Å²) >= 11 is 0. The Morgan fingerprint density at radius 2 is 2.07 bits per heavy atom. The standard InChI is InChI=1S/C12H22N2O/c1-3-12(9-13,10-15-2)14-11-7-5-4-6-8-11/h11,14H,3-8,10H2,1-2H3. The summed E-state index contributed by atoms with van der Waals surface area (Å²) in [7, 11) is 1.66. The number of nitrogens with zero attached hydrogens (tertiary/aromatic N) is 1. The Morgan fingerprint density at radius 1 is 1.40 bits per heavy atom. The van der Waals surface area contributed by atoms with Gasteiger partial charge in [-0.3, -0.25) is 5.32 Å². The van der Waals surface area contributed by atoms with E-state index >= 15 is 0 Å². The van der Waals surface area contributed by atoms with Crippen LogP contribution in [0.5, 0.6) is 0 Å². The lowest BCUT2D eigenvalue weighted by Gasteiger charge is -2.33. The van der Waals surface area contributed by atoms with Crippen LogP contribution in [0.1, 0.15) is 45.4 Å². The Kier molecular flexibility index (Phi) is 5.07. The highest BCUT2D eigenvalue weighted by molar-refractivity contribution is 5.08. The minimum Gasteiger partial charge on any atom is -0.382 e. The molecule has 0 aromatic rings. The third-order valence-corrected chi connectivity index (χ3v) is 3.29. The summed E-state index contributed by atoms with van der Waals surface area (Å²) in [6.45, 7) is 2.52. The molecule has 0 aromatic carbocycles. The van der Waals surface area contributed by atoms with Crippen LogP contribution < -0.4 is 5.32 Å². The predicted octanol–water partition coefficient (Wildman–Crippen LogP) is 2.23. The quantitative estimate of drug-likeness (QED) is 0.756. The normalized spacial score (nSPS) is 21.9. The molecule has 3 nitrogen and oxygen atoms in total. The van der Waals surface area contributed by atoms with Gasteiger partial charge in [0, 0.05) is 13.2 Å². The first-order valence-corrected chi connectivity index (χ1v) is 5.94. The van der Waals surface area contributed by atoms with Gasteiger partial charge in [0.1, 0.15) is 5.54 Å². The maximum absolute atomic E-state index is 9.25. The first kappa shape index (κ1) is 12.5. The van der Waals surface area contributed by atoms with Gasteiger partial charge in [-0.1, -0.05) is 26.2 Å². The van der Waals surface area contributed by atoms with Gasteiger partial charge in [0.25, 0.3) is 0 Å². The molecular weight excluding hydrogens is 188 g/mol. The van der Waals surface area contributed by atoms with E-state index in [1.807, 2.05) is 6.92 Å². The minimum atomic E-state index is -0.475. The second kappa shape index (κ2) is 6.09. The molecule has 1 fully saturated rings. The zero-order valence-electron chi connectivity index (χ0n) is 9.88. The van der Waals surface area contributed by atoms with Crippen molar-refractivity contribution in [3.63, 3.8) is 0 Å². The van der Waals surface area contributed by atoms with Crippen molar-refractivity contribution in [3.8, 4) is 6.07 Å². The first-order chi connectivity index (χ1) is 7.26. The summed E-state index contributed by atoms with van der Waals surface area (Å²) in [6, 6.07) is 2.89. The van der Waals surface area contributed by atoms with Gasteiger partial charge >= 0.3 is 0 Å². The van der Waals surface area contributed by atoms with Crippen molar-refractivity contribution >= 4 is 0 Å². The lowest BCUT2D eigenvalue weighted by Crippen LogP contribution is -2.52. The number of nitriles is 1. The van der Waals surface area contributed by atoms with Crippen LogP contribution in [0.3, 0.4) is 0 Å². The van der Waals surface area contributed by atoms with Crippen molar-refractivity contribution in [2.24, 2.45) is 0 Å². The summed E-state index contributed by atoms with van der Waals surface area (Å²) in [5, 5.41) is 12.7. The molecule has 1 N–H and O–H groups in total. The molecule has 1 aliphatic rings. The van der Waals surface area contributed by atoms with Gasteiger partial charge in [0.2, 0.25) is 0 Å². The Balaban J connectivity index is 2.52. The molecule has 0 aromatic heterocycles. The van der Waals surface area contributed by atoms with E-state index in [1.54, 1.807) is 7.11 Å². The van der Waals surface area contributed by atoms with Crippen LogP contribution in [-0.2, 0) is 4.74 Å². The fourth-order valence-electron chi connectivity index (χ4n) is 2.27. The van der Waals surface area contributed by atoms with Gasteiger partial charge in [0.05, 0.1) is 12.7 Å². The molecule has 0 spiro atoms. The highest BCUT2D eigenvalue weighted by Gasteiger charge is 2.31. The fourth-order valence-corrected chi connectivity index (χ4v) is 2.27. The summed E-state index contributed by atoms with van der Waals surface area (Å²) in [5.41, 5.74) is -0.475. The third kappa shape index (κ3) is 3.48. The smallest absolute Gasteiger partial charge is 0.130 e. The molecule has 0 heterocycles. The Morgan fingerprint density at radius 3 is 2.53 bits per heavy atom. The van der Waals surface area contributed by atoms with Crippen LogP contribution in [0.2, 0.25) is 0 Å². The molecule has 0 bridgehead atoms. The molecule has 1 atom stereocenters. The molecule has 0 aliphatic heterocycles. The molecule has 3 heteroatoms. The van der Waals surface area contributed by atoms with E-state index < -0.39 is 5.54 Å². The van der Waals surface area contributed by atoms with Crippen LogP contribution in [0.4, 0.5) is 0 Å². The summed E-state index contributed by atoms with van der Waals surface area (Å²) in [4.78, 5) is 0. The van der Waals surface area contributed by atoms with Crippen molar-refractivity contribution in [3.05, 3.63) is 0 Å². The van der Waals surface area contributed by atoms with Crippen LogP contribution in [0, 0.1) is 11.3 Å². The fraction of sp³-hybridized carbons (Fsp3) is 0.917. The summed E-state index contributed by atoms with van der Waals surface area (Å²) in [5.74, 6) is 0. The number of ether oxygens (including phenoxy) is 1. The monoisotopic (exact) mass is 210 g/mol. The van der Waals surface area contributed by atoms with Crippen molar-refractivity contribution in [2.75, 3.05) is 13.7 Å². The molecule has 0 saturated heterocycles. The topological polar surface area (TPSA) is 45.0 Å². The minimum absolute atomic E-state index is 0.475. The lowest BCUT2D eigenvalue weighted by molar-refractivity contribution is 0.122. The molecule has 1 rings (SSSR count). The number of nitrogens with one attached hydrogen (secondary N) is 1. The SMILES string of the molecule is CCC(C#N)(COC)NC1CCCCC1. The molecule has 0 amide bonds. The van der Waals surface area contributed by atoms with Gasteiger partial charge in [-0.2, -0.15) is 5.26 Å². The molecule has 15 heavy (non-hydrogen) atoms. The van der Waals surface area contributed by atoms with E-state index in [0.29, 0.717) is 12.6 Å². The van der Waals surface area contributed by atoms with Gasteiger partial charge in [0.15, 0.2) is 0 Å². The molecule has 1 unspecified atom stereocenters. The lowest BCUT2D eigenvalue weighted by atomic mass is 9.91. The third-order valence-electron chi connectivity index (χ3n) is 3.29. The number of hydrogen-bond donors (Lipinski definition) is 1. The van der Waals surface area contributed by atoms with Gasteiger partial charge in [-0.15, -0.1) is 0 Å². The van der Waals surface area contributed by atoms with Crippen molar-refractivity contribution in [1.29, 1.82) is 5.26 Å². The van der Waals surface area contributed by atoms with E-state index in [1.165, 1.54) is 32.1 Å². The maximum Gasteiger partial charge on any atom is 0.130 e. The van der Waals surface area contributed by atoms with Gasteiger partial charge < -0.3 is 4.74 Å². The second-order valence-corrected chi connectivity index (χ2v) is 4.46. The number of rotatable bonds is 5. The highest BCUT2D eigenvalue weighted by atomic mass is 16.5. The van der Waals surface area contributed by atoms with Crippen LogP contribution in [0.15, 0.2) is 0 Å². The van der Waals surface area contributed by atoms with Crippen molar-refractivity contribution in [2.45, 2.75) is 57.0 Å². The Labute approximate surface area is 92.8 Å². The summed E-state index contributed by atoms with van der Waals surface area (Å²) in [6.07, 6.45) is 7.12. The maximum atomic E-state index is 9.25. The largest absolute Gasteiger partial charge is 0.382 e. The number of hydrogen-bond acceptors (Lipinski definition) is 3. The second-order valence-electron chi connectivity index (χ2n) is 4.46. The molecular formula is C12H22N2O. The van der Waals surface area contributed by atoms with E-state index in [9.17, 15) is 5.26 Å². The average Bonchev–Trinajstić information content (AvgIpc) is 2.30. The first-order valence-electron chi connectivity index (χ1n) is 5.94. The van der Waals surface area contributed by atoms with Gasteiger partial charge in [-0.25, -0.2) is 0 Å². The van der Waals surface area contributed by atoms with E-state index in [4.69, 9.17) is 4.74 Å². The van der Waals surface area contributed by atoms with Crippen molar-refractivity contribution in [1.82, 2.24) is 5.32 Å². The Hall–Kier alpha value is -0.590. The predicted molar refractivity (Wildman–Crippen MR) is 60.5 cm³/mol. The molecule has 1 saturated carbocycles. The van der Waals surface area contributed by atoms with Crippen LogP contribution in [-0.4, -0.2) is 25.3 Å². The Bertz CT molecular complexity index is 218. The highest BCUT2D eigenvalue weighted by Crippen LogP contribution is 2.21. The van der Waals surface area contributed by atoms with E-state index in [0.717, 1.165) is 6.42 Å². The molecule has 86 valence electrons. The van der Waals surface area contributed by atoms with E-state index in [2.05, 4.69) is 11.4 Å². The average molecular weight is 210 g/mol. The van der Waals surface area contributed by atoms with Crippen molar-refractivity contribution < 1.29 is 4.74 Å². The van der Waals surface area contributed by atoms with Gasteiger partial charge in [-0.05, 0) is 19.3 Å². The number of methoxy groups -OCH3 is 1. The zero-order valence-corrected chi connectivity index (χ0v) is 9.88.